The third kappa shape index (κ3) is 2.44. The molecule has 0 unspecified atom stereocenters. The van der Waals surface area contributed by atoms with Crippen molar-refractivity contribution in [2.75, 3.05) is 5.88 Å². The molecule has 16 heavy (non-hydrogen) atoms. The predicted octanol–water partition coefficient (Wildman–Crippen LogP) is 3.12. The lowest BCUT2D eigenvalue weighted by molar-refractivity contribution is 0.795. The van der Waals surface area contributed by atoms with Gasteiger partial charge in [-0.25, -0.2) is 4.68 Å². The molecule has 0 radical (unpaired) electrons. The first-order valence-corrected chi connectivity index (χ1v) is 6.27. The molecule has 5 heteroatoms. The molecule has 0 spiro atoms. The Hall–Kier alpha value is -0.870. The van der Waals surface area contributed by atoms with E-state index in [-0.39, 0.29) is 0 Å². The van der Waals surface area contributed by atoms with Gasteiger partial charge in [0.25, 0.3) is 0 Å². The topological polar surface area (TPSA) is 30.7 Å². The van der Waals surface area contributed by atoms with Crippen LogP contribution in [-0.2, 0) is 6.42 Å². The zero-order chi connectivity index (χ0) is 11.5. The third-order valence-corrected chi connectivity index (χ3v) is 3.07. The second-order valence-electron chi connectivity index (χ2n) is 3.55. The summed E-state index contributed by atoms with van der Waals surface area (Å²) in [5.74, 6) is 0.563. The fourth-order valence-electron chi connectivity index (χ4n) is 1.43. The summed E-state index contributed by atoms with van der Waals surface area (Å²) in [6.07, 6.45) is 2.64. The van der Waals surface area contributed by atoms with Crippen LogP contribution in [0.3, 0.4) is 0 Å². The Labute approximate surface area is 108 Å². The molecule has 3 nitrogen and oxygen atoms in total. The summed E-state index contributed by atoms with van der Waals surface area (Å²) in [4.78, 5) is 0. The monoisotopic (exact) mass is 299 g/mol. The summed E-state index contributed by atoms with van der Waals surface area (Å²) >= 11 is 9.17. The maximum atomic E-state index is 5.66. The molecule has 0 aliphatic rings. The van der Waals surface area contributed by atoms with Crippen molar-refractivity contribution in [3.05, 3.63) is 40.1 Å². The average molecular weight is 301 g/mol. The highest BCUT2D eigenvalue weighted by atomic mass is 79.9. The molecule has 2 rings (SSSR count). The Bertz CT molecular complexity index is 496. The average Bonchev–Trinajstić information content (AvgIpc) is 2.67. The van der Waals surface area contributed by atoms with Crippen LogP contribution in [0.1, 0.15) is 11.3 Å². The fourth-order valence-corrected chi connectivity index (χ4v) is 2.29. The standard InChI is InChI=1S/C11H11BrClN3/c1-8-2-3-11(10(12)6-8)16-7-9(4-5-13)14-15-16/h2-3,6-7H,4-5H2,1H3. The zero-order valence-electron chi connectivity index (χ0n) is 8.82. The molecule has 0 fully saturated rings. The molecule has 1 aromatic carbocycles. The largest absolute Gasteiger partial charge is 0.219 e. The van der Waals surface area contributed by atoms with Gasteiger partial charge in [0, 0.05) is 16.8 Å². The number of halogens is 2. The predicted molar refractivity (Wildman–Crippen MR) is 68.2 cm³/mol. The van der Waals surface area contributed by atoms with E-state index in [1.54, 1.807) is 4.68 Å². The number of aryl methyl sites for hydroxylation is 2. The van der Waals surface area contributed by atoms with Crippen LogP contribution in [0.5, 0.6) is 0 Å². The van der Waals surface area contributed by atoms with Crippen molar-refractivity contribution in [2.24, 2.45) is 0 Å². The summed E-state index contributed by atoms with van der Waals surface area (Å²) in [6.45, 7) is 2.05. The summed E-state index contributed by atoms with van der Waals surface area (Å²) in [5, 5.41) is 8.13. The van der Waals surface area contributed by atoms with Gasteiger partial charge in [-0.1, -0.05) is 11.3 Å². The Balaban J connectivity index is 2.35. The number of aromatic nitrogens is 3. The summed E-state index contributed by atoms with van der Waals surface area (Å²) in [7, 11) is 0. The zero-order valence-corrected chi connectivity index (χ0v) is 11.2. The van der Waals surface area contributed by atoms with E-state index in [1.165, 1.54) is 5.56 Å². The number of hydrogen-bond donors (Lipinski definition) is 0. The van der Waals surface area contributed by atoms with E-state index < -0.39 is 0 Å². The van der Waals surface area contributed by atoms with Crippen LogP contribution in [0, 0.1) is 6.92 Å². The van der Waals surface area contributed by atoms with Gasteiger partial charge in [0.2, 0.25) is 0 Å². The molecular formula is C11H11BrClN3. The lowest BCUT2D eigenvalue weighted by Crippen LogP contribution is -1.96. The van der Waals surface area contributed by atoms with E-state index in [9.17, 15) is 0 Å². The molecule has 0 atom stereocenters. The first-order chi connectivity index (χ1) is 7.70. The molecule has 0 aliphatic carbocycles. The van der Waals surface area contributed by atoms with Crippen molar-refractivity contribution in [1.29, 1.82) is 0 Å². The van der Waals surface area contributed by atoms with Crippen molar-refractivity contribution in [1.82, 2.24) is 15.0 Å². The van der Waals surface area contributed by atoms with E-state index >= 15 is 0 Å². The molecule has 0 saturated heterocycles. The fraction of sp³-hybridized carbons (Fsp3) is 0.273. The van der Waals surface area contributed by atoms with Crippen LogP contribution < -0.4 is 0 Å². The van der Waals surface area contributed by atoms with E-state index in [4.69, 9.17) is 11.6 Å². The van der Waals surface area contributed by atoms with Gasteiger partial charge in [-0.2, -0.15) is 0 Å². The van der Waals surface area contributed by atoms with E-state index in [0.29, 0.717) is 5.88 Å². The maximum absolute atomic E-state index is 5.66. The normalized spacial score (nSPS) is 10.7. The lowest BCUT2D eigenvalue weighted by atomic mass is 10.2. The van der Waals surface area contributed by atoms with Gasteiger partial charge in [-0.3, -0.25) is 0 Å². The van der Waals surface area contributed by atoms with Crippen LogP contribution >= 0.6 is 27.5 Å². The Kier molecular flexibility index (Phi) is 3.61. The van der Waals surface area contributed by atoms with Crippen molar-refractivity contribution in [3.8, 4) is 5.69 Å². The first kappa shape index (κ1) is 11.6. The van der Waals surface area contributed by atoms with Gasteiger partial charge < -0.3 is 0 Å². The minimum absolute atomic E-state index is 0.563. The molecular weight excluding hydrogens is 289 g/mol. The lowest BCUT2D eigenvalue weighted by Gasteiger charge is -2.03. The Morgan fingerprint density at radius 2 is 2.25 bits per heavy atom. The van der Waals surface area contributed by atoms with E-state index in [2.05, 4.69) is 39.2 Å². The van der Waals surface area contributed by atoms with Gasteiger partial charge in [-0.15, -0.1) is 16.7 Å². The van der Waals surface area contributed by atoms with Crippen molar-refractivity contribution in [2.45, 2.75) is 13.3 Å². The molecule has 1 heterocycles. The minimum atomic E-state index is 0.563. The third-order valence-electron chi connectivity index (χ3n) is 2.24. The molecule has 0 N–H and O–H groups in total. The number of alkyl halides is 1. The van der Waals surface area contributed by atoms with Gasteiger partial charge in [0.05, 0.1) is 17.6 Å². The number of benzene rings is 1. The summed E-state index contributed by atoms with van der Waals surface area (Å²) in [6, 6.07) is 6.11. The molecule has 0 amide bonds. The van der Waals surface area contributed by atoms with E-state index in [0.717, 1.165) is 22.3 Å². The van der Waals surface area contributed by atoms with Crippen molar-refractivity contribution < 1.29 is 0 Å². The molecule has 84 valence electrons. The maximum Gasteiger partial charge on any atom is 0.0843 e. The highest BCUT2D eigenvalue weighted by Crippen LogP contribution is 2.21. The molecule has 0 saturated carbocycles. The number of hydrogen-bond acceptors (Lipinski definition) is 2. The highest BCUT2D eigenvalue weighted by Gasteiger charge is 2.05. The summed E-state index contributed by atoms with van der Waals surface area (Å²) < 4.78 is 2.76. The second-order valence-corrected chi connectivity index (χ2v) is 4.78. The van der Waals surface area contributed by atoms with Crippen LogP contribution in [-0.4, -0.2) is 20.9 Å². The smallest absolute Gasteiger partial charge is 0.0843 e. The SMILES string of the molecule is Cc1ccc(-n2cc(CCCl)nn2)c(Br)c1. The minimum Gasteiger partial charge on any atom is -0.219 e. The number of rotatable bonds is 3. The summed E-state index contributed by atoms with van der Waals surface area (Å²) in [5.41, 5.74) is 3.10. The number of nitrogens with zero attached hydrogens (tertiary/aromatic N) is 3. The van der Waals surface area contributed by atoms with Crippen LogP contribution in [0.4, 0.5) is 0 Å². The van der Waals surface area contributed by atoms with Crippen LogP contribution in [0.15, 0.2) is 28.9 Å². The van der Waals surface area contributed by atoms with Gasteiger partial charge in [0.1, 0.15) is 0 Å². The molecule has 0 aliphatic heterocycles. The van der Waals surface area contributed by atoms with Gasteiger partial charge >= 0.3 is 0 Å². The quantitative estimate of drug-likeness (QED) is 0.815. The highest BCUT2D eigenvalue weighted by molar-refractivity contribution is 9.10. The van der Waals surface area contributed by atoms with Crippen LogP contribution in [0.25, 0.3) is 5.69 Å². The van der Waals surface area contributed by atoms with E-state index in [1.807, 2.05) is 18.3 Å². The first-order valence-electron chi connectivity index (χ1n) is 4.94. The van der Waals surface area contributed by atoms with Gasteiger partial charge in [0.15, 0.2) is 0 Å². The van der Waals surface area contributed by atoms with Crippen molar-refractivity contribution in [3.63, 3.8) is 0 Å². The molecule has 2 aromatic rings. The van der Waals surface area contributed by atoms with Crippen molar-refractivity contribution >= 4 is 27.5 Å². The molecule has 0 bridgehead atoms. The van der Waals surface area contributed by atoms with Crippen LogP contribution in [0.2, 0.25) is 0 Å². The van der Waals surface area contributed by atoms with Gasteiger partial charge in [-0.05, 0) is 40.5 Å². The Morgan fingerprint density at radius 1 is 1.44 bits per heavy atom. The molecule has 1 aromatic heterocycles. The second kappa shape index (κ2) is 4.97. The Morgan fingerprint density at radius 3 is 2.94 bits per heavy atom.